The van der Waals surface area contributed by atoms with Crippen molar-refractivity contribution in [2.75, 3.05) is 33.4 Å². The van der Waals surface area contributed by atoms with Crippen LogP contribution >= 0.6 is 0 Å². The molecule has 39 heavy (non-hydrogen) atoms. The fourth-order valence-corrected chi connectivity index (χ4v) is 5.96. The van der Waals surface area contributed by atoms with E-state index in [1.807, 2.05) is 42.5 Å². The maximum absolute atomic E-state index is 13.2. The zero-order valence-corrected chi connectivity index (χ0v) is 22.5. The first-order valence-corrected chi connectivity index (χ1v) is 14.0. The van der Waals surface area contributed by atoms with Gasteiger partial charge in [0.1, 0.15) is 11.5 Å². The second kappa shape index (κ2) is 12.7. The number of hydrogen-bond donors (Lipinski definition) is 0. The first-order valence-electron chi connectivity index (χ1n) is 12.6. The molecular weight excluding hydrogens is 522 g/mol. The zero-order chi connectivity index (χ0) is 27.8. The third-order valence-electron chi connectivity index (χ3n) is 6.73. The van der Waals surface area contributed by atoms with Crippen molar-refractivity contribution in [1.29, 1.82) is 0 Å². The Labute approximate surface area is 228 Å². The molecule has 1 heterocycles. The summed E-state index contributed by atoms with van der Waals surface area (Å²) >= 11 is 0. The molecule has 3 aromatic rings. The first kappa shape index (κ1) is 28.1. The molecule has 0 radical (unpaired) electrons. The monoisotopic (exact) mass is 553 g/mol. The van der Waals surface area contributed by atoms with Crippen molar-refractivity contribution >= 4 is 21.6 Å². The number of carbonyl (C=O) groups is 1. The van der Waals surface area contributed by atoms with Gasteiger partial charge in [0.25, 0.3) is 11.6 Å². The molecule has 1 aliphatic rings. The summed E-state index contributed by atoms with van der Waals surface area (Å²) in [4.78, 5) is 25.3. The molecule has 10 nitrogen and oxygen atoms in total. The Kier molecular flexibility index (Phi) is 9.15. The standard InChI is InChI=1S/C28H31N3O7S/c1-37-25-11-7-22(8-12-25)19-29(28(32)21-38-26-5-3-2-4-6-26)20-23-15-17-30(18-16-23)39(35,36)27-13-9-24(10-14-27)31(33)34/h2-14,23H,15-21H2,1H3. The first-order chi connectivity index (χ1) is 18.8. The number of sulfonamides is 1. The van der Waals surface area contributed by atoms with Crippen LogP contribution in [0, 0.1) is 16.0 Å². The Bertz CT molecular complexity index is 1360. The van der Waals surface area contributed by atoms with Gasteiger partial charge < -0.3 is 14.4 Å². The third-order valence-corrected chi connectivity index (χ3v) is 8.64. The fraction of sp³-hybridized carbons (Fsp3) is 0.321. The van der Waals surface area contributed by atoms with E-state index in [0.717, 1.165) is 11.3 Å². The highest BCUT2D eigenvalue weighted by molar-refractivity contribution is 7.89. The summed E-state index contributed by atoms with van der Waals surface area (Å²) in [5.41, 5.74) is 0.785. The van der Waals surface area contributed by atoms with Gasteiger partial charge in [-0.3, -0.25) is 14.9 Å². The van der Waals surface area contributed by atoms with Crippen molar-refractivity contribution in [2.24, 2.45) is 5.92 Å². The van der Waals surface area contributed by atoms with Gasteiger partial charge in [-0.25, -0.2) is 8.42 Å². The molecule has 0 unspecified atom stereocenters. The van der Waals surface area contributed by atoms with Crippen LogP contribution in [0.15, 0.2) is 83.8 Å². The van der Waals surface area contributed by atoms with Gasteiger partial charge in [-0.2, -0.15) is 4.31 Å². The number of nitro groups is 1. The Morgan fingerprint density at radius 3 is 2.21 bits per heavy atom. The van der Waals surface area contributed by atoms with Gasteiger partial charge in [0, 0.05) is 38.3 Å². The van der Waals surface area contributed by atoms with Crippen molar-refractivity contribution in [3.63, 3.8) is 0 Å². The molecule has 1 saturated heterocycles. The van der Waals surface area contributed by atoms with Crippen LogP contribution < -0.4 is 9.47 Å². The number of benzene rings is 3. The Hall–Kier alpha value is -3.96. The minimum Gasteiger partial charge on any atom is -0.497 e. The number of piperidine rings is 1. The van der Waals surface area contributed by atoms with E-state index < -0.39 is 14.9 Å². The number of nitro benzene ring substituents is 1. The van der Waals surface area contributed by atoms with Crippen LogP contribution in [0.2, 0.25) is 0 Å². The summed E-state index contributed by atoms with van der Waals surface area (Å²) in [5.74, 6) is 1.29. The zero-order valence-electron chi connectivity index (χ0n) is 21.6. The lowest BCUT2D eigenvalue weighted by Crippen LogP contribution is -2.43. The number of nitrogens with zero attached hydrogens (tertiary/aromatic N) is 3. The molecule has 1 aliphatic heterocycles. The Balaban J connectivity index is 1.40. The van der Waals surface area contributed by atoms with E-state index in [2.05, 4.69) is 0 Å². The maximum atomic E-state index is 13.2. The van der Waals surface area contributed by atoms with Crippen molar-refractivity contribution in [3.05, 3.63) is 94.5 Å². The van der Waals surface area contributed by atoms with Gasteiger partial charge in [-0.15, -0.1) is 0 Å². The third kappa shape index (κ3) is 7.33. The molecule has 0 aliphatic carbocycles. The predicted octanol–water partition coefficient (Wildman–Crippen LogP) is 4.11. The van der Waals surface area contributed by atoms with E-state index in [1.54, 1.807) is 24.1 Å². The molecule has 206 valence electrons. The Morgan fingerprint density at radius 2 is 1.62 bits per heavy atom. The van der Waals surface area contributed by atoms with E-state index in [0.29, 0.717) is 44.8 Å². The van der Waals surface area contributed by atoms with Gasteiger partial charge in [-0.05, 0) is 60.7 Å². The van der Waals surface area contributed by atoms with Crippen molar-refractivity contribution in [1.82, 2.24) is 9.21 Å². The number of ether oxygens (including phenoxy) is 2. The van der Waals surface area contributed by atoms with E-state index in [4.69, 9.17) is 9.47 Å². The van der Waals surface area contributed by atoms with Crippen LogP contribution in [0.5, 0.6) is 11.5 Å². The Morgan fingerprint density at radius 1 is 0.974 bits per heavy atom. The molecule has 0 atom stereocenters. The summed E-state index contributed by atoms with van der Waals surface area (Å²) in [6, 6.07) is 21.6. The number of amides is 1. The normalized spacial score (nSPS) is 14.5. The minimum absolute atomic E-state index is 0.0286. The molecule has 1 fully saturated rings. The average molecular weight is 554 g/mol. The lowest BCUT2D eigenvalue weighted by molar-refractivity contribution is -0.384. The largest absolute Gasteiger partial charge is 0.497 e. The molecule has 0 spiro atoms. The topological polar surface area (TPSA) is 119 Å². The number of carbonyl (C=O) groups excluding carboxylic acids is 1. The van der Waals surface area contributed by atoms with Gasteiger partial charge in [0.15, 0.2) is 6.61 Å². The molecule has 0 aromatic heterocycles. The molecule has 0 bridgehead atoms. The molecule has 3 aromatic carbocycles. The van der Waals surface area contributed by atoms with Crippen LogP contribution in [-0.4, -0.2) is 61.8 Å². The van der Waals surface area contributed by atoms with Crippen LogP contribution in [0.25, 0.3) is 0 Å². The maximum Gasteiger partial charge on any atom is 0.269 e. The van der Waals surface area contributed by atoms with E-state index >= 15 is 0 Å². The number of hydrogen-bond acceptors (Lipinski definition) is 7. The highest BCUT2D eigenvalue weighted by Crippen LogP contribution is 2.26. The lowest BCUT2D eigenvalue weighted by atomic mass is 9.97. The SMILES string of the molecule is COc1ccc(CN(CC2CCN(S(=O)(=O)c3ccc([N+](=O)[O-])cc3)CC2)C(=O)COc2ccccc2)cc1. The highest BCUT2D eigenvalue weighted by atomic mass is 32.2. The quantitative estimate of drug-likeness (QED) is 0.259. The lowest BCUT2D eigenvalue weighted by Gasteiger charge is -2.34. The van der Waals surface area contributed by atoms with Crippen LogP contribution in [-0.2, 0) is 21.4 Å². The van der Waals surface area contributed by atoms with Crippen LogP contribution in [0.4, 0.5) is 5.69 Å². The van der Waals surface area contributed by atoms with Crippen LogP contribution in [0.3, 0.4) is 0 Å². The van der Waals surface area contributed by atoms with Gasteiger partial charge >= 0.3 is 0 Å². The second-order valence-electron chi connectivity index (χ2n) is 9.32. The van der Waals surface area contributed by atoms with Crippen LogP contribution in [0.1, 0.15) is 18.4 Å². The number of para-hydroxylation sites is 1. The average Bonchev–Trinajstić information content (AvgIpc) is 2.97. The van der Waals surface area contributed by atoms with E-state index in [9.17, 15) is 23.3 Å². The molecule has 0 saturated carbocycles. The summed E-state index contributed by atoms with van der Waals surface area (Å²) in [5, 5.41) is 10.9. The van der Waals surface area contributed by atoms with Crippen molar-refractivity contribution < 1.29 is 27.6 Å². The van der Waals surface area contributed by atoms with Gasteiger partial charge in [-0.1, -0.05) is 30.3 Å². The fourth-order valence-electron chi connectivity index (χ4n) is 4.49. The molecule has 0 N–H and O–H groups in total. The molecule has 11 heteroatoms. The summed E-state index contributed by atoms with van der Waals surface area (Å²) in [6.45, 7) is 1.36. The summed E-state index contributed by atoms with van der Waals surface area (Å²) in [6.07, 6.45) is 1.16. The minimum atomic E-state index is -3.77. The van der Waals surface area contributed by atoms with Gasteiger partial charge in [0.2, 0.25) is 10.0 Å². The van der Waals surface area contributed by atoms with Crippen molar-refractivity contribution in [3.8, 4) is 11.5 Å². The molecule has 1 amide bonds. The molecular formula is C28H31N3O7S. The molecule has 4 rings (SSSR count). The summed E-state index contributed by atoms with van der Waals surface area (Å²) < 4.78 is 38.5. The van der Waals surface area contributed by atoms with E-state index in [-0.39, 0.29) is 29.0 Å². The summed E-state index contributed by atoms with van der Waals surface area (Å²) in [7, 11) is -2.17. The smallest absolute Gasteiger partial charge is 0.269 e. The number of non-ortho nitro benzene ring substituents is 1. The van der Waals surface area contributed by atoms with E-state index in [1.165, 1.54) is 28.6 Å². The van der Waals surface area contributed by atoms with Gasteiger partial charge in [0.05, 0.1) is 16.9 Å². The highest BCUT2D eigenvalue weighted by Gasteiger charge is 2.31. The number of methoxy groups -OCH3 is 1. The number of rotatable bonds is 11. The second-order valence-corrected chi connectivity index (χ2v) is 11.3. The van der Waals surface area contributed by atoms with Crippen molar-refractivity contribution in [2.45, 2.75) is 24.3 Å². The predicted molar refractivity (Wildman–Crippen MR) is 145 cm³/mol.